The summed E-state index contributed by atoms with van der Waals surface area (Å²) in [6, 6.07) is 4.38. The minimum atomic E-state index is 0.135. The standard InChI is InChI=1S/C13H16N4/c1-2-9-3-4-10(15-7-9)12-13-11(5-6-14-12)16-8-17-13/h3-4,7-8,12,14H,2,5-6H2,1H3,(H,16,17)/t12-/m0/s1. The summed E-state index contributed by atoms with van der Waals surface area (Å²) in [7, 11) is 0. The van der Waals surface area contributed by atoms with Crippen LogP contribution in [-0.2, 0) is 12.8 Å². The number of aryl methyl sites for hydroxylation is 1. The van der Waals surface area contributed by atoms with Gasteiger partial charge in [0.05, 0.1) is 23.8 Å². The minimum absolute atomic E-state index is 0.135. The molecule has 1 atom stereocenters. The molecule has 2 N–H and O–H groups in total. The zero-order valence-electron chi connectivity index (χ0n) is 9.90. The van der Waals surface area contributed by atoms with E-state index in [-0.39, 0.29) is 6.04 Å². The third-order valence-corrected chi connectivity index (χ3v) is 3.30. The predicted octanol–water partition coefficient (Wildman–Crippen LogP) is 1.60. The number of aromatic amines is 1. The maximum atomic E-state index is 4.54. The average molecular weight is 228 g/mol. The number of nitrogens with zero attached hydrogens (tertiary/aromatic N) is 2. The molecule has 0 spiro atoms. The first kappa shape index (κ1) is 10.5. The molecule has 0 fully saturated rings. The second kappa shape index (κ2) is 4.30. The fourth-order valence-corrected chi connectivity index (χ4v) is 2.28. The fraction of sp³-hybridized carbons (Fsp3) is 0.385. The van der Waals surface area contributed by atoms with Crippen LogP contribution in [0.15, 0.2) is 24.7 Å². The first-order chi connectivity index (χ1) is 8.38. The second-order valence-electron chi connectivity index (χ2n) is 4.35. The highest BCUT2D eigenvalue weighted by Crippen LogP contribution is 2.24. The van der Waals surface area contributed by atoms with E-state index in [1.807, 2.05) is 6.20 Å². The summed E-state index contributed by atoms with van der Waals surface area (Å²) in [5, 5.41) is 3.47. The lowest BCUT2D eigenvalue weighted by atomic mass is 10.0. The maximum Gasteiger partial charge on any atom is 0.0943 e. The number of hydrogen-bond donors (Lipinski definition) is 2. The van der Waals surface area contributed by atoms with Crippen molar-refractivity contribution in [3.8, 4) is 0 Å². The first-order valence-corrected chi connectivity index (χ1v) is 6.09. The molecule has 0 amide bonds. The summed E-state index contributed by atoms with van der Waals surface area (Å²) in [4.78, 5) is 12.1. The molecular formula is C13H16N4. The molecule has 88 valence electrons. The second-order valence-corrected chi connectivity index (χ2v) is 4.35. The Bertz CT molecular complexity index is 500. The van der Waals surface area contributed by atoms with Crippen LogP contribution in [0.2, 0.25) is 0 Å². The van der Waals surface area contributed by atoms with Crippen molar-refractivity contribution in [2.45, 2.75) is 25.8 Å². The van der Waals surface area contributed by atoms with Crippen LogP contribution in [0.4, 0.5) is 0 Å². The van der Waals surface area contributed by atoms with Crippen molar-refractivity contribution in [3.63, 3.8) is 0 Å². The van der Waals surface area contributed by atoms with Gasteiger partial charge in [-0.1, -0.05) is 13.0 Å². The summed E-state index contributed by atoms with van der Waals surface area (Å²) in [6.07, 6.45) is 5.76. The van der Waals surface area contributed by atoms with Crippen molar-refractivity contribution >= 4 is 0 Å². The van der Waals surface area contributed by atoms with Crippen molar-refractivity contribution in [2.75, 3.05) is 6.54 Å². The molecule has 0 aromatic carbocycles. The molecule has 17 heavy (non-hydrogen) atoms. The van der Waals surface area contributed by atoms with Gasteiger partial charge in [0.2, 0.25) is 0 Å². The molecule has 3 rings (SSSR count). The lowest BCUT2D eigenvalue weighted by molar-refractivity contribution is 0.543. The summed E-state index contributed by atoms with van der Waals surface area (Å²) in [5.74, 6) is 0. The SMILES string of the molecule is CCc1ccc([C@@H]2NCCc3[nH]cnc32)nc1. The van der Waals surface area contributed by atoms with E-state index in [9.17, 15) is 0 Å². The molecule has 3 heterocycles. The quantitative estimate of drug-likeness (QED) is 0.821. The molecule has 1 aliphatic heterocycles. The Morgan fingerprint density at radius 1 is 1.35 bits per heavy atom. The van der Waals surface area contributed by atoms with E-state index in [0.717, 1.165) is 30.8 Å². The predicted molar refractivity (Wildman–Crippen MR) is 65.8 cm³/mol. The van der Waals surface area contributed by atoms with Crippen LogP contribution in [0.25, 0.3) is 0 Å². The number of aromatic nitrogens is 3. The topological polar surface area (TPSA) is 53.6 Å². The fourth-order valence-electron chi connectivity index (χ4n) is 2.28. The number of fused-ring (bicyclic) bond motifs is 1. The molecule has 0 aliphatic carbocycles. The highest BCUT2D eigenvalue weighted by Gasteiger charge is 2.24. The Hall–Kier alpha value is -1.68. The van der Waals surface area contributed by atoms with Crippen LogP contribution >= 0.6 is 0 Å². The van der Waals surface area contributed by atoms with Crippen LogP contribution < -0.4 is 5.32 Å². The van der Waals surface area contributed by atoms with E-state index >= 15 is 0 Å². The van der Waals surface area contributed by atoms with Crippen LogP contribution in [0.3, 0.4) is 0 Å². The van der Waals surface area contributed by atoms with Crippen LogP contribution in [0.1, 0.15) is 35.6 Å². The zero-order chi connectivity index (χ0) is 11.7. The monoisotopic (exact) mass is 228 g/mol. The van der Waals surface area contributed by atoms with Gasteiger partial charge in [-0.05, 0) is 18.1 Å². The third kappa shape index (κ3) is 1.85. The molecule has 2 aromatic heterocycles. The van der Waals surface area contributed by atoms with E-state index in [2.05, 4.69) is 39.3 Å². The highest BCUT2D eigenvalue weighted by atomic mass is 15.0. The van der Waals surface area contributed by atoms with Gasteiger partial charge < -0.3 is 10.3 Å². The van der Waals surface area contributed by atoms with Crippen molar-refractivity contribution in [1.82, 2.24) is 20.3 Å². The van der Waals surface area contributed by atoms with Gasteiger partial charge in [0, 0.05) is 24.9 Å². The summed E-state index contributed by atoms with van der Waals surface area (Å²) < 4.78 is 0. The van der Waals surface area contributed by atoms with Crippen molar-refractivity contribution < 1.29 is 0 Å². The number of hydrogen-bond acceptors (Lipinski definition) is 3. The van der Waals surface area contributed by atoms with Crippen molar-refractivity contribution in [1.29, 1.82) is 0 Å². The Labute approximate surface area is 101 Å². The number of nitrogens with one attached hydrogen (secondary N) is 2. The van der Waals surface area contributed by atoms with Gasteiger partial charge in [-0.15, -0.1) is 0 Å². The molecule has 2 aromatic rings. The van der Waals surface area contributed by atoms with E-state index in [0.29, 0.717) is 0 Å². The maximum absolute atomic E-state index is 4.54. The summed E-state index contributed by atoms with van der Waals surface area (Å²) in [5.41, 5.74) is 4.64. The lowest BCUT2D eigenvalue weighted by Gasteiger charge is -2.22. The highest BCUT2D eigenvalue weighted by molar-refractivity contribution is 5.29. The van der Waals surface area contributed by atoms with Gasteiger partial charge in [0.25, 0.3) is 0 Å². The zero-order valence-corrected chi connectivity index (χ0v) is 9.90. The largest absolute Gasteiger partial charge is 0.348 e. The molecule has 1 aliphatic rings. The van der Waals surface area contributed by atoms with Gasteiger partial charge in [0.1, 0.15) is 0 Å². The van der Waals surface area contributed by atoms with Gasteiger partial charge in [0.15, 0.2) is 0 Å². The van der Waals surface area contributed by atoms with E-state index in [4.69, 9.17) is 0 Å². The van der Waals surface area contributed by atoms with Crippen molar-refractivity contribution in [2.24, 2.45) is 0 Å². The van der Waals surface area contributed by atoms with E-state index < -0.39 is 0 Å². The summed E-state index contributed by atoms with van der Waals surface area (Å²) in [6.45, 7) is 3.11. The molecule has 0 saturated heterocycles. The molecule has 0 saturated carbocycles. The minimum Gasteiger partial charge on any atom is -0.348 e. The Kier molecular flexibility index (Phi) is 2.65. The third-order valence-electron chi connectivity index (χ3n) is 3.30. The molecular weight excluding hydrogens is 212 g/mol. The lowest BCUT2D eigenvalue weighted by Crippen LogP contribution is -2.31. The normalized spacial score (nSPS) is 19.0. The molecule has 0 bridgehead atoms. The number of H-pyrrole nitrogens is 1. The van der Waals surface area contributed by atoms with Gasteiger partial charge in [-0.2, -0.15) is 0 Å². The Morgan fingerprint density at radius 3 is 3.06 bits per heavy atom. The van der Waals surface area contributed by atoms with Gasteiger partial charge >= 0.3 is 0 Å². The van der Waals surface area contributed by atoms with Crippen LogP contribution in [0, 0.1) is 0 Å². The van der Waals surface area contributed by atoms with Crippen LogP contribution in [-0.4, -0.2) is 21.5 Å². The van der Waals surface area contributed by atoms with E-state index in [1.54, 1.807) is 6.33 Å². The number of imidazole rings is 1. The van der Waals surface area contributed by atoms with Gasteiger partial charge in [-0.25, -0.2) is 4.98 Å². The molecule has 0 radical (unpaired) electrons. The molecule has 0 unspecified atom stereocenters. The van der Waals surface area contributed by atoms with Crippen molar-refractivity contribution in [3.05, 3.63) is 47.3 Å². The molecule has 4 heteroatoms. The smallest absolute Gasteiger partial charge is 0.0943 e. The number of pyridine rings is 1. The van der Waals surface area contributed by atoms with Crippen LogP contribution in [0.5, 0.6) is 0 Å². The first-order valence-electron chi connectivity index (χ1n) is 6.09. The molecule has 4 nitrogen and oxygen atoms in total. The Balaban J connectivity index is 1.95. The Morgan fingerprint density at radius 2 is 2.29 bits per heavy atom. The number of rotatable bonds is 2. The van der Waals surface area contributed by atoms with Gasteiger partial charge in [-0.3, -0.25) is 4.98 Å². The average Bonchev–Trinajstić information content (AvgIpc) is 2.87. The summed E-state index contributed by atoms with van der Waals surface area (Å²) >= 11 is 0. The van der Waals surface area contributed by atoms with E-state index in [1.165, 1.54) is 11.3 Å².